The monoisotopic (exact) mass is 184 g/mol. The molecule has 0 fully saturated rings. The van der Waals surface area contributed by atoms with Crippen molar-refractivity contribution in [1.29, 1.82) is 0 Å². The zero-order valence-corrected chi connectivity index (χ0v) is 8.41. The molecule has 0 aromatic heterocycles. The first-order valence-electron chi connectivity index (χ1n) is 3.88. The third-order valence-electron chi connectivity index (χ3n) is 2.03. The van der Waals surface area contributed by atoms with Crippen LogP contribution in [0.1, 0.15) is 19.4 Å². The Morgan fingerprint density at radius 1 is 1.25 bits per heavy atom. The first-order valence-corrected chi connectivity index (χ1v) is 5.10. The molecule has 0 unspecified atom stereocenters. The Balaban J connectivity index is 3.10. The molecule has 0 saturated heterocycles. The summed E-state index contributed by atoms with van der Waals surface area (Å²) >= 11 is 1.65. The maximum Gasteiger partial charge on any atom is 0.127 e. The van der Waals surface area contributed by atoms with Crippen molar-refractivity contribution in [1.82, 2.24) is 0 Å². The molecule has 0 amide bonds. The Morgan fingerprint density at radius 3 is 2.33 bits per heavy atom. The van der Waals surface area contributed by atoms with Crippen molar-refractivity contribution in [2.24, 2.45) is 0 Å². The van der Waals surface area contributed by atoms with Crippen molar-refractivity contribution in [2.75, 3.05) is 6.26 Å². The molecule has 0 N–H and O–H groups in total. The first kappa shape index (κ1) is 9.59. The minimum Gasteiger partial charge on any atom is -0.207 e. The summed E-state index contributed by atoms with van der Waals surface area (Å²) in [7, 11) is 0. The van der Waals surface area contributed by atoms with Crippen LogP contribution in [0.25, 0.3) is 0 Å². The minimum absolute atomic E-state index is 0.114. The number of hydrogen-bond acceptors (Lipinski definition) is 1. The lowest BCUT2D eigenvalue weighted by Gasteiger charge is -2.22. The van der Waals surface area contributed by atoms with E-state index in [2.05, 4.69) is 0 Å². The summed E-state index contributed by atoms with van der Waals surface area (Å²) in [6, 6.07) is 6.94. The third kappa shape index (κ3) is 1.81. The molecule has 1 rings (SSSR count). The van der Waals surface area contributed by atoms with E-state index in [9.17, 15) is 4.39 Å². The molecule has 12 heavy (non-hydrogen) atoms. The van der Waals surface area contributed by atoms with Crippen LogP contribution < -0.4 is 0 Å². The van der Waals surface area contributed by atoms with Crippen LogP contribution in [0.3, 0.4) is 0 Å². The Hall–Kier alpha value is -0.500. The van der Waals surface area contributed by atoms with Gasteiger partial charge < -0.3 is 0 Å². The van der Waals surface area contributed by atoms with Crippen molar-refractivity contribution < 1.29 is 4.39 Å². The van der Waals surface area contributed by atoms with Crippen molar-refractivity contribution in [3.63, 3.8) is 0 Å². The number of halogens is 1. The fraction of sp³-hybridized carbons (Fsp3) is 0.400. The average molecular weight is 184 g/mol. The van der Waals surface area contributed by atoms with Crippen LogP contribution in [0.5, 0.6) is 0 Å². The molecule has 0 aliphatic carbocycles. The second-order valence-corrected chi connectivity index (χ2v) is 4.62. The smallest absolute Gasteiger partial charge is 0.127 e. The standard InChI is InChI=1S/C10H13FS/c1-10(2,12-3)8-6-4-5-7-9(8)11/h4-7H,1-3H3. The molecular weight excluding hydrogens is 171 g/mol. The van der Waals surface area contributed by atoms with E-state index in [0.29, 0.717) is 0 Å². The van der Waals surface area contributed by atoms with Crippen molar-refractivity contribution in [3.05, 3.63) is 35.6 Å². The van der Waals surface area contributed by atoms with Gasteiger partial charge in [-0.2, -0.15) is 11.8 Å². The molecule has 2 heteroatoms. The van der Waals surface area contributed by atoms with Gasteiger partial charge in [-0.25, -0.2) is 4.39 Å². The summed E-state index contributed by atoms with van der Waals surface area (Å²) in [6.45, 7) is 4.05. The van der Waals surface area contributed by atoms with Crippen molar-refractivity contribution >= 4 is 11.8 Å². The van der Waals surface area contributed by atoms with Crippen LogP contribution in [0.15, 0.2) is 24.3 Å². The first-order chi connectivity index (χ1) is 5.58. The van der Waals surface area contributed by atoms with E-state index >= 15 is 0 Å². The lowest BCUT2D eigenvalue weighted by Crippen LogP contribution is -2.13. The van der Waals surface area contributed by atoms with Gasteiger partial charge in [0, 0.05) is 10.3 Å². The fourth-order valence-electron chi connectivity index (χ4n) is 1.06. The van der Waals surface area contributed by atoms with E-state index < -0.39 is 0 Å². The topological polar surface area (TPSA) is 0 Å². The minimum atomic E-state index is -0.134. The molecule has 0 aliphatic heterocycles. The molecule has 0 nitrogen and oxygen atoms in total. The summed E-state index contributed by atoms with van der Waals surface area (Å²) in [5, 5.41) is 0. The van der Waals surface area contributed by atoms with Crippen LogP contribution in [0.4, 0.5) is 4.39 Å². The molecule has 0 heterocycles. The van der Waals surface area contributed by atoms with Crippen molar-refractivity contribution in [3.8, 4) is 0 Å². The summed E-state index contributed by atoms with van der Waals surface area (Å²) in [5.41, 5.74) is 0.775. The van der Waals surface area contributed by atoms with Gasteiger partial charge in [-0.1, -0.05) is 18.2 Å². The highest BCUT2D eigenvalue weighted by Gasteiger charge is 2.21. The number of hydrogen-bond donors (Lipinski definition) is 0. The Labute approximate surface area is 77.2 Å². The number of thioether (sulfide) groups is 1. The lowest BCUT2D eigenvalue weighted by atomic mass is 10.0. The molecule has 0 aliphatic rings. The Kier molecular flexibility index (Phi) is 2.78. The van der Waals surface area contributed by atoms with Gasteiger partial charge in [-0.3, -0.25) is 0 Å². The summed E-state index contributed by atoms with van der Waals surface area (Å²) in [5.74, 6) is -0.114. The summed E-state index contributed by atoms with van der Waals surface area (Å²) in [4.78, 5) is 0. The predicted octanol–water partition coefficient (Wildman–Crippen LogP) is 3.42. The molecule has 1 aromatic carbocycles. The van der Waals surface area contributed by atoms with E-state index in [1.54, 1.807) is 17.8 Å². The molecule has 0 spiro atoms. The maximum absolute atomic E-state index is 13.3. The summed E-state index contributed by atoms with van der Waals surface area (Å²) < 4.78 is 13.1. The number of benzene rings is 1. The van der Waals surface area contributed by atoms with Crippen LogP contribution >= 0.6 is 11.8 Å². The van der Waals surface area contributed by atoms with Gasteiger partial charge in [-0.05, 0) is 26.2 Å². The second kappa shape index (κ2) is 3.48. The van der Waals surface area contributed by atoms with Gasteiger partial charge in [0.05, 0.1) is 0 Å². The quantitative estimate of drug-likeness (QED) is 0.678. The third-order valence-corrected chi connectivity index (χ3v) is 3.27. The zero-order chi connectivity index (χ0) is 9.19. The number of rotatable bonds is 2. The lowest BCUT2D eigenvalue weighted by molar-refractivity contribution is 0.587. The van der Waals surface area contributed by atoms with Gasteiger partial charge in [-0.15, -0.1) is 0 Å². The largest absolute Gasteiger partial charge is 0.207 e. The van der Waals surface area contributed by atoms with Crippen LogP contribution in [0.2, 0.25) is 0 Å². The fourth-order valence-corrected chi connectivity index (χ4v) is 1.44. The highest BCUT2D eigenvalue weighted by Crippen LogP contribution is 2.34. The van der Waals surface area contributed by atoms with Crippen LogP contribution in [-0.4, -0.2) is 6.26 Å². The van der Waals surface area contributed by atoms with Gasteiger partial charge in [0.15, 0.2) is 0 Å². The molecule has 0 bridgehead atoms. The second-order valence-electron chi connectivity index (χ2n) is 3.19. The maximum atomic E-state index is 13.3. The molecule has 0 radical (unpaired) electrons. The van der Waals surface area contributed by atoms with Gasteiger partial charge in [0.1, 0.15) is 5.82 Å². The van der Waals surface area contributed by atoms with E-state index in [0.717, 1.165) is 5.56 Å². The summed E-state index contributed by atoms with van der Waals surface area (Å²) in [6.07, 6.45) is 1.99. The van der Waals surface area contributed by atoms with Gasteiger partial charge >= 0.3 is 0 Å². The highest BCUT2D eigenvalue weighted by atomic mass is 32.2. The highest BCUT2D eigenvalue weighted by molar-refractivity contribution is 7.99. The Morgan fingerprint density at radius 2 is 1.83 bits per heavy atom. The van der Waals surface area contributed by atoms with E-state index in [1.165, 1.54) is 6.07 Å². The molecule has 66 valence electrons. The van der Waals surface area contributed by atoms with E-state index in [4.69, 9.17) is 0 Å². The van der Waals surface area contributed by atoms with E-state index in [-0.39, 0.29) is 10.6 Å². The Bertz CT molecular complexity index is 268. The van der Waals surface area contributed by atoms with E-state index in [1.807, 2.05) is 32.2 Å². The average Bonchev–Trinajstić information content (AvgIpc) is 2.05. The van der Waals surface area contributed by atoms with Crippen LogP contribution in [-0.2, 0) is 4.75 Å². The molecule has 0 atom stereocenters. The SMILES string of the molecule is CSC(C)(C)c1ccccc1F. The molecule has 1 aromatic rings. The van der Waals surface area contributed by atoms with Gasteiger partial charge in [0.2, 0.25) is 0 Å². The zero-order valence-electron chi connectivity index (χ0n) is 7.60. The van der Waals surface area contributed by atoms with Gasteiger partial charge in [0.25, 0.3) is 0 Å². The predicted molar refractivity (Wildman–Crippen MR) is 52.9 cm³/mol. The normalized spacial score (nSPS) is 11.7. The molecular formula is C10H13FS. The van der Waals surface area contributed by atoms with Crippen molar-refractivity contribution in [2.45, 2.75) is 18.6 Å². The van der Waals surface area contributed by atoms with Crippen LogP contribution in [0, 0.1) is 5.82 Å². The molecule has 0 saturated carbocycles.